The van der Waals surface area contributed by atoms with Gasteiger partial charge in [0.25, 0.3) is 5.91 Å². The number of carbonyl (C=O) groups excluding carboxylic acids is 2. The number of hydrogen-bond acceptors (Lipinski definition) is 4. The van der Waals surface area contributed by atoms with Gasteiger partial charge in [-0.2, -0.15) is 13.2 Å². The molecule has 1 aliphatic heterocycles. The lowest BCUT2D eigenvalue weighted by atomic mass is 10.1. The highest BCUT2D eigenvalue weighted by Gasteiger charge is 2.38. The number of benzene rings is 2. The minimum atomic E-state index is -5.08. The number of rotatable bonds is 6. The van der Waals surface area contributed by atoms with Crippen molar-refractivity contribution >= 4 is 33.7 Å². The largest absolute Gasteiger partial charge is 0.490 e. The van der Waals surface area contributed by atoms with Crippen molar-refractivity contribution in [3.05, 3.63) is 69.7 Å². The second-order valence-electron chi connectivity index (χ2n) is 7.91. The summed E-state index contributed by atoms with van der Waals surface area (Å²) >= 11 is 3.41. The number of nitrogens with zero attached hydrogens (tertiary/aromatic N) is 2. The Hall–Kier alpha value is -2.92. The maximum atomic E-state index is 13.1. The number of carboxylic acids is 1. The molecule has 11 heteroatoms. The first-order valence-electron chi connectivity index (χ1n) is 10.9. The van der Waals surface area contributed by atoms with Gasteiger partial charge in [0, 0.05) is 55.7 Å². The van der Waals surface area contributed by atoms with Crippen molar-refractivity contribution in [2.45, 2.75) is 26.1 Å². The van der Waals surface area contributed by atoms with Crippen LogP contribution in [0.15, 0.2) is 53.0 Å². The molecule has 1 fully saturated rings. The molecule has 3 rings (SSSR count). The Morgan fingerprint density at radius 1 is 1.09 bits per heavy atom. The number of amides is 2. The Bertz CT molecular complexity index is 1010. The Morgan fingerprint density at radius 3 is 2.23 bits per heavy atom. The summed E-state index contributed by atoms with van der Waals surface area (Å²) in [5.74, 6) is -2.70. The Morgan fingerprint density at radius 2 is 1.69 bits per heavy atom. The van der Waals surface area contributed by atoms with Gasteiger partial charge in [0.05, 0.1) is 0 Å². The van der Waals surface area contributed by atoms with Crippen molar-refractivity contribution in [3.63, 3.8) is 0 Å². The molecule has 35 heavy (non-hydrogen) atoms. The van der Waals surface area contributed by atoms with E-state index in [1.165, 1.54) is 0 Å². The molecule has 7 nitrogen and oxygen atoms in total. The molecule has 1 heterocycles. The van der Waals surface area contributed by atoms with Crippen LogP contribution in [0.2, 0.25) is 0 Å². The van der Waals surface area contributed by atoms with Gasteiger partial charge in [0.15, 0.2) is 0 Å². The lowest BCUT2D eigenvalue weighted by molar-refractivity contribution is -0.192. The first kappa shape index (κ1) is 28.3. The van der Waals surface area contributed by atoms with E-state index >= 15 is 0 Å². The fourth-order valence-electron chi connectivity index (χ4n) is 3.36. The molecule has 0 atom stereocenters. The van der Waals surface area contributed by atoms with Gasteiger partial charge in [-0.25, -0.2) is 4.79 Å². The smallest absolute Gasteiger partial charge is 0.475 e. The van der Waals surface area contributed by atoms with Gasteiger partial charge in [0.2, 0.25) is 5.91 Å². The molecule has 2 aromatic carbocycles. The minimum absolute atomic E-state index is 0.0536. The summed E-state index contributed by atoms with van der Waals surface area (Å²) in [6, 6.07) is 15.5. The zero-order valence-electron chi connectivity index (χ0n) is 19.1. The van der Waals surface area contributed by atoms with Crippen LogP contribution in [0, 0.1) is 6.92 Å². The van der Waals surface area contributed by atoms with Crippen LogP contribution in [0.5, 0.6) is 0 Å². The van der Waals surface area contributed by atoms with Crippen LogP contribution in [-0.2, 0) is 16.1 Å². The molecule has 190 valence electrons. The molecule has 2 amide bonds. The Kier molecular flexibility index (Phi) is 10.7. The second kappa shape index (κ2) is 13.2. The summed E-state index contributed by atoms with van der Waals surface area (Å²) < 4.78 is 32.7. The fraction of sp³-hybridized carbons (Fsp3) is 0.375. The number of nitrogens with one attached hydrogen (secondary N) is 1. The second-order valence-corrected chi connectivity index (χ2v) is 8.82. The highest BCUT2D eigenvalue weighted by atomic mass is 79.9. The van der Waals surface area contributed by atoms with E-state index in [9.17, 15) is 22.8 Å². The number of piperazine rings is 1. The molecule has 0 spiro atoms. The van der Waals surface area contributed by atoms with Crippen LogP contribution in [0.4, 0.5) is 13.2 Å². The molecule has 0 aliphatic carbocycles. The summed E-state index contributed by atoms with van der Waals surface area (Å²) in [4.78, 5) is 38.2. The number of alkyl halides is 3. The SMILES string of the molecule is Cc1cccc(CN(CCC(=O)N2CCNCC2)C(=O)c2ccc(Br)cc2)c1.O=C(O)C(F)(F)F. The van der Waals surface area contributed by atoms with Crippen LogP contribution in [0.3, 0.4) is 0 Å². The normalized spacial score (nSPS) is 13.5. The summed E-state index contributed by atoms with van der Waals surface area (Å²) in [6.07, 6.45) is -4.74. The van der Waals surface area contributed by atoms with Gasteiger partial charge in [-0.15, -0.1) is 0 Å². The van der Waals surface area contributed by atoms with Crippen LogP contribution in [0.25, 0.3) is 0 Å². The molecule has 0 saturated carbocycles. The van der Waals surface area contributed by atoms with E-state index in [4.69, 9.17) is 9.90 Å². The Balaban J connectivity index is 0.000000540. The third-order valence-electron chi connectivity index (χ3n) is 5.14. The summed E-state index contributed by atoms with van der Waals surface area (Å²) in [7, 11) is 0. The highest BCUT2D eigenvalue weighted by Crippen LogP contribution is 2.16. The van der Waals surface area contributed by atoms with Crippen LogP contribution >= 0.6 is 15.9 Å². The summed E-state index contributed by atoms with van der Waals surface area (Å²) in [5, 5.41) is 10.4. The molecule has 2 aromatic rings. The maximum Gasteiger partial charge on any atom is 0.490 e. The highest BCUT2D eigenvalue weighted by molar-refractivity contribution is 9.10. The van der Waals surface area contributed by atoms with Gasteiger partial charge in [-0.05, 0) is 36.8 Å². The number of halogens is 4. The van der Waals surface area contributed by atoms with Gasteiger partial charge in [0.1, 0.15) is 0 Å². The minimum Gasteiger partial charge on any atom is -0.475 e. The molecule has 0 aromatic heterocycles. The van der Waals surface area contributed by atoms with E-state index in [0.29, 0.717) is 25.1 Å². The van der Waals surface area contributed by atoms with Crippen molar-refractivity contribution in [2.24, 2.45) is 0 Å². The number of hydrogen-bond donors (Lipinski definition) is 2. The standard InChI is InChI=1S/C22H26BrN3O2.C2HF3O2/c1-17-3-2-4-18(15-17)16-26(22(28)19-5-7-20(23)8-6-19)12-9-21(27)25-13-10-24-11-14-25;3-2(4,5)1(6)7/h2-8,15,24H,9-14,16H2,1H3;(H,6,7). The predicted molar refractivity (Wildman–Crippen MR) is 128 cm³/mol. The third kappa shape index (κ3) is 9.69. The van der Waals surface area contributed by atoms with E-state index in [2.05, 4.69) is 27.3 Å². The zero-order chi connectivity index (χ0) is 26.0. The first-order valence-corrected chi connectivity index (χ1v) is 11.7. The van der Waals surface area contributed by atoms with E-state index < -0.39 is 12.1 Å². The molecule has 1 saturated heterocycles. The average molecular weight is 558 g/mol. The van der Waals surface area contributed by atoms with Crippen LogP contribution in [-0.4, -0.2) is 71.6 Å². The monoisotopic (exact) mass is 557 g/mol. The fourth-order valence-corrected chi connectivity index (χ4v) is 3.63. The van der Waals surface area contributed by atoms with Gasteiger partial charge >= 0.3 is 12.1 Å². The summed E-state index contributed by atoms with van der Waals surface area (Å²) in [5.41, 5.74) is 2.86. The zero-order valence-corrected chi connectivity index (χ0v) is 20.7. The van der Waals surface area contributed by atoms with E-state index in [0.717, 1.165) is 41.8 Å². The Labute approximate surface area is 210 Å². The van der Waals surface area contributed by atoms with Crippen LogP contribution in [0.1, 0.15) is 27.9 Å². The van der Waals surface area contributed by atoms with Crippen LogP contribution < -0.4 is 5.32 Å². The van der Waals surface area contributed by atoms with E-state index in [1.807, 2.05) is 54.3 Å². The lowest BCUT2D eigenvalue weighted by Gasteiger charge is -2.29. The van der Waals surface area contributed by atoms with Gasteiger partial charge in [-0.1, -0.05) is 45.8 Å². The maximum absolute atomic E-state index is 13.1. The van der Waals surface area contributed by atoms with E-state index in [-0.39, 0.29) is 11.8 Å². The molecule has 0 bridgehead atoms. The molecule has 1 aliphatic rings. The van der Waals surface area contributed by atoms with Crippen molar-refractivity contribution in [3.8, 4) is 0 Å². The molecule has 0 unspecified atom stereocenters. The number of aliphatic carboxylic acids is 1. The predicted octanol–water partition coefficient (Wildman–Crippen LogP) is 3.86. The molecule has 0 radical (unpaired) electrons. The van der Waals surface area contributed by atoms with Crippen molar-refractivity contribution in [2.75, 3.05) is 32.7 Å². The molecular weight excluding hydrogens is 531 g/mol. The molecular formula is C24H27BrF3N3O4. The molecule has 2 N–H and O–H groups in total. The first-order chi connectivity index (χ1) is 16.5. The summed E-state index contributed by atoms with van der Waals surface area (Å²) in [6.45, 7) is 6.07. The average Bonchev–Trinajstić information content (AvgIpc) is 2.82. The lowest BCUT2D eigenvalue weighted by Crippen LogP contribution is -2.47. The van der Waals surface area contributed by atoms with Gasteiger partial charge < -0.3 is 20.2 Å². The number of aryl methyl sites for hydroxylation is 1. The van der Waals surface area contributed by atoms with E-state index in [1.54, 1.807) is 4.90 Å². The third-order valence-corrected chi connectivity index (χ3v) is 5.67. The number of carbonyl (C=O) groups is 3. The van der Waals surface area contributed by atoms with Crippen molar-refractivity contribution < 1.29 is 32.7 Å². The van der Waals surface area contributed by atoms with Crippen molar-refractivity contribution in [1.82, 2.24) is 15.1 Å². The quantitative estimate of drug-likeness (QED) is 0.563. The van der Waals surface area contributed by atoms with Crippen molar-refractivity contribution in [1.29, 1.82) is 0 Å². The topological polar surface area (TPSA) is 90.0 Å². The van der Waals surface area contributed by atoms with Gasteiger partial charge in [-0.3, -0.25) is 9.59 Å². The number of carboxylic acid groups (broad SMARTS) is 1.